The topological polar surface area (TPSA) is 85.1 Å². The van der Waals surface area contributed by atoms with Crippen LogP contribution in [-0.2, 0) is 4.79 Å². The van der Waals surface area contributed by atoms with Gasteiger partial charge in [0.2, 0.25) is 5.91 Å². The minimum atomic E-state index is -0.345. The molecule has 0 fully saturated rings. The lowest BCUT2D eigenvalue weighted by atomic mass is 10.2. The molecule has 158 valence electrons. The van der Waals surface area contributed by atoms with Gasteiger partial charge in [-0.3, -0.25) is 14.2 Å². The molecular weight excluding hydrogens is 407 g/mol. The van der Waals surface area contributed by atoms with Crippen molar-refractivity contribution in [2.24, 2.45) is 0 Å². The third-order valence-electron chi connectivity index (χ3n) is 4.97. The molecule has 0 aliphatic carbocycles. The molecule has 3 aromatic rings. The standard InChI is InChI=1S/C20H23FN6O2S/c1-25(2)9-3-8-22-17(28)10-15-12-30-20-24-18-16(19(29)26(15)20)11-23-27(18)14-6-4-13(21)5-7-14/h4-7,11,15H,3,8-10,12H2,1-2H3,(H,22,28). The highest BCUT2D eigenvalue weighted by atomic mass is 32.2. The summed E-state index contributed by atoms with van der Waals surface area (Å²) in [6, 6.07) is 5.61. The van der Waals surface area contributed by atoms with Crippen LogP contribution < -0.4 is 10.9 Å². The van der Waals surface area contributed by atoms with Crippen LogP contribution in [0.4, 0.5) is 4.39 Å². The van der Waals surface area contributed by atoms with Crippen LogP contribution in [0.1, 0.15) is 18.9 Å². The number of benzene rings is 1. The zero-order valence-electron chi connectivity index (χ0n) is 16.8. The van der Waals surface area contributed by atoms with E-state index in [9.17, 15) is 14.0 Å². The second-order valence-corrected chi connectivity index (χ2v) is 8.50. The molecular formula is C20H23FN6O2S. The maximum absolute atomic E-state index is 13.2. The number of fused-ring (bicyclic) bond motifs is 2. The number of thioether (sulfide) groups is 1. The van der Waals surface area contributed by atoms with Gasteiger partial charge in [-0.2, -0.15) is 5.10 Å². The highest BCUT2D eigenvalue weighted by Gasteiger charge is 2.29. The summed E-state index contributed by atoms with van der Waals surface area (Å²) in [6.07, 6.45) is 2.59. The van der Waals surface area contributed by atoms with Crippen molar-refractivity contribution in [2.45, 2.75) is 24.0 Å². The Hall–Kier alpha value is -2.72. The van der Waals surface area contributed by atoms with Crippen molar-refractivity contribution < 1.29 is 9.18 Å². The van der Waals surface area contributed by atoms with E-state index < -0.39 is 0 Å². The molecule has 0 saturated heterocycles. The molecule has 10 heteroatoms. The van der Waals surface area contributed by atoms with Gasteiger partial charge in [0.25, 0.3) is 5.56 Å². The monoisotopic (exact) mass is 430 g/mol. The summed E-state index contributed by atoms with van der Waals surface area (Å²) in [4.78, 5) is 32.1. The smallest absolute Gasteiger partial charge is 0.265 e. The van der Waals surface area contributed by atoms with Crippen molar-refractivity contribution in [1.29, 1.82) is 0 Å². The van der Waals surface area contributed by atoms with Gasteiger partial charge in [0.05, 0.1) is 17.9 Å². The van der Waals surface area contributed by atoms with Gasteiger partial charge in [-0.15, -0.1) is 0 Å². The summed E-state index contributed by atoms with van der Waals surface area (Å²) in [7, 11) is 3.99. The van der Waals surface area contributed by atoms with Gasteiger partial charge in [-0.05, 0) is 51.3 Å². The Morgan fingerprint density at radius 3 is 2.83 bits per heavy atom. The lowest BCUT2D eigenvalue weighted by molar-refractivity contribution is -0.121. The molecule has 0 bridgehead atoms. The number of amides is 1. The molecule has 3 heterocycles. The van der Waals surface area contributed by atoms with E-state index in [0.717, 1.165) is 13.0 Å². The summed E-state index contributed by atoms with van der Waals surface area (Å²) < 4.78 is 16.4. The Morgan fingerprint density at radius 1 is 1.33 bits per heavy atom. The van der Waals surface area contributed by atoms with E-state index >= 15 is 0 Å². The lowest BCUT2D eigenvalue weighted by Crippen LogP contribution is -2.32. The van der Waals surface area contributed by atoms with Crippen LogP contribution in [0.5, 0.6) is 0 Å². The molecule has 0 radical (unpaired) electrons. The summed E-state index contributed by atoms with van der Waals surface area (Å²) in [6.45, 7) is 1.52. The normalized spacial score (nSPS) is 15.7. The van der Waals surface area contributed by atoms with Gasteiger partial charge in [-0.1, -0.05) is 11.8 Å². The first-order valence-corrected chi connectivity index (χ1v) is 10.7. The van der Waals surface area contributed by atoms with Crippen LogP contribution in [0.3, 0.4) is 0 Å². The van der Waals surface area contributed by atoms with Gasteiger partial charge in [0, 0.05) is 18.7 Å². The fourth-order valence-electron chi connectivity index (χ4n) is 3.46. The van der Waals surface area contributed by atoms with Crippen molar-refractivity contribution in [2.75, 3.05) is 32.9 Å². The molecule has 1 atom stereocenters. The van der Waals surface area contributed by atoms with Crippen molar-refractivity contribution in [1.82, 2.24) is 29.5 Å². The Bertz CT molecular complexity index is 1120. The van der Waals surface area contributed by atoms with Crippen molar-refractivity contribution >= 4 is 28.7 Å². The molecule has 1 aromatic carbocycles. The first kappa shape index (κ1) is 20.5. The molecule has 0 spiro atoms. The van der Waals surface area contributed by atoms with E-state index in [1.54, 1.807) is 16.7 Å². The molecule has 1 N–H and O–H groups in total. The largest absolute Gasteiger partial charge is 0.356 e. The molecule has 1 aliphatic heterocycles. The van der Waals surface area contributed by atoms with Gasteiger partial charge >= 0.3 is 0 Å². The predicted octanol–water partition coefficient (Wildman–Crippen LogP) is 1.83. The molecule has 2 aromatic heterocycles. The number of rotatable bonds is 7. The van der Waals surface area contributed by atoms with Crippen molar-refractivity contribution in [3.05, 3.63) is 46.6 Å². The van der Waals surface area contributed by atoms with Crippen molar-refractivity contribution in [3.8, 4) is 5.69 Å². The number of carbonyl (C=O) groups excluding carboxylic acids is 1. The lowest BCUT2D eigenvalue weighted by Gasteiger charge is -2.14. The van der Waals surface area contributed by atoms with E-state index in [1.807, 2.05) is 14.1 Å². The van der Waals surface area contributed by atoms with Crippen LogP contribution in [0.2, 0.25) is 0 Å². The fourth-order valence-corrected chi connectivity index (χ4v) is 4.59. The van der Waals surface area contributed by atoms with Crippen LogP contribution >= 0.6 is 11.8 Å². The van der Waals surface area contributed by atoms with Crippen molar-refractivity contribution in [3.63, 3.8) is 0 Å². The average Bonchev–Trinajstić information content (AvgIpc) is 3.31. The Balaban J connectivity index is 1.55. The van der Waals surface area contributed by atoms with Crippen LogP contribution in [0.15, 0.2) is 40.4 Å². The number of hydrogen-bond donors (Lipinski definition) is 1. The quantitative estimate of drug-likeness (QED) is 0.455. The second kappa shape index (κ2) is 8.57. The maximum Gasteiger partial charge on any atom is 0.265 e. The highest BCUT2D eigenvalue weighted by Crippen LogP contribution is 2.33. The predicted molar refractivity (Wildman–Crippen MR) is 114 cm³/mol. The SMILES string of the molecule is CN(C)CCCNC(=O)CC1CSc2nc3c(cnn3-c3ccc(F)cc3)c(=O)n21. The number of nitrogens with zero attached hydrogens (tertiary/aromatic N) is 5. The Kier molecular flexibility index (Phi) is 5.87. The van der Waals surface area contributed by atoms with Gasteiger partial charge in [0.1, 0.15) is 11.2 Å². The van der Waals surface area contributed by atoms with E-state index in [2.05, 4.69) is 20.3 Å². The molecule has 1 aliphatic rings. The van der Waals surface area contributed by atoms with Gasteiger partial charge in [-0.25, -0.2) is 14.1 Å². The molecule has 1 amide bonds. The molecule has 4 rings (SSSR count). The first-order valence-electron chi connectivity index (χ1n) is 9.74. The number of hydrogen-bond acceptors (Lipinski definition) is 6. The number of nitrogens with one attached hydrogen (secondary N) is 1. The van der Waals surface area contributed by atoms with E-state index in [-0.39, 0.29) is 29.7 Å². The third-order valence-corrected chi connectivity index (χ3v) is 6.06. The van der Waals surface area contributed by atoms with Crippen LogP contribution in [0.25, 0.3) is 16.7 Å². The molecule has 0 saturated carbocycles. The minimum absolute atomic E-state index is 0.0683. The van der Waals surface area contributed by atoms with E-state index in [0.29, 0.717) is 34.2 Å². The summed E-state index contributed by atoms with van der Waals surface area (Å²) in [5.74, 6) is 0.202. The van der Waals surface area contributed by atoms with E-state index in [4.69, 9.17) is 0 Å². The minimum Gasteiger partial charge on any atom is -0.356 e. The average molecular weight is 431 g/mol. The van der Waals surface area contributed by atoms with Crippen LogP contribution in [0, 0.1) is 5.82 Å². The number of halogens is 1. The number of aromatic nitrogens is 4. The molecule has 8 nitrogen and oxygen atoms in total. The Labute approximate surface area is 177 Å². The molecule has 30 heavy (non-hydrogen) atoms. The zero-order chi connectivity index (χ0) is 21.3. The summed E-state index contributed by atoms with van der Waals surface area (Å²) in [5.41, 5.74) is 0.845. The summed E-state index contributed by atoms with van der Waals surface area (Å²) in [5, 5.41) is 8.15. The summed E-state index contributed by atoms with van der Waals surface area (Å²) >= 11 is 1.45. The maximum atomic E-state index is 13.2. The fraction of sp³-hybridized carbons (Fsp3) is 0.400. The Morgan fingerprint density at radius 2 is 2.10 bits per heavy atom. The number of carbonyl (C=O) groups is 1. The first-order chi connectivity index (χ1) is 14.4. The molecule has 1 unspecified atom stereocenters. The second-order valence-electron chi connectivity index (χ2n) is 7.52. The van der Waals surface area contributed by atoms with E-state index in [1.165, 1.54) is 34.8 Å². The zero-order valence-corrected chi connectivity index (χ0v) is 17.7. The highest BCUT2D eigenvalue weighted by molar-refractivity contribution is 7.99. The van der Waals surface area contributed by atoms with Gasteiger partial charge < -0.3 is 10.2 Å². The third kappa shape index (κ3) is 4.10. The van der Waals surface area contributed by atoms with Gasteiger partial charge in [0.15, 0.2) is 10.8 Å². The van der Waals surface area contributed by atoms with Crippen LogP contribution in [-0.4, -0.2) is 63.1 Å².